The smallest absolute Gasteiger partial charge is 0.295 e. The van der Waals surface area contributed by atoms with E-state index in [2.05, 4.69) is 0 Å². The highest BCUT2D eigenvalue weighted by atomic mass is 16.5. The molecule has 1 saturated heterocycles. The number of aryl methyl sites for hydroxylation is 1. The van der Waals surface area contributed by atoms with Crippen LogP contribution in [0.2, 0.25) is 0 Å². The predicted molar refractivity (Wildman–Crippen MR) is 118 cm³/mol. The van der Waals surface area contributed by atoms with Crippen LogP contribution in [-0.4, -0.2) is 66.0 Å². The van der Waals surface area contributed by atoms with E-state index in [-0.39, 0.29) is 17.1 Å². The molecule has 164 valence electrons. The average molecular weight is 424 g/mol. The van der Waals surface area contributed by atoms with Gasteiger partial charge in [0.1, 0.15) is 17.3 Å². The highest BCUT2D eigenvalue weighted by Gasteiger charge is 2.45. The number of hydrogen-bond acceptors (Lipinski definition) is 6. The highest BCUT2D eigenvalue weighted by molar-refractivity contribution is 6.46. The number of aliphatic hydroxyl groups excluding tert-OH is 1. The number of amides is 1. The fourth-order valence-corrected chi connectivity index (χ4v) is 3.89. The molecular weight excluding hydrogens is 396 g/mol. The Balaban J connectivity index is 2.11. The van der Waals surface area contributed by atoms with Crippen molar-refractivity contribution in [1.82, 2.24) is 9.80 Å². The SMILES string of the molecule is COc1ccc(/C(O)=C2/C(=O)C(=O)N(CCCN(C)C)C2c2cccc(O)c2)cc1C. The molecule has 0 saturated carbocycles. The Hall–Kier alpha value is -3.32. The minimum Gasteiger partial charge on any atom is -0.508 e. The fourth-order valence-electron chi connectivity index (χ4n) is 3.89. The van der Waals surface area contributed by atoms with Crippen LogP contribution in [0, 0.1) is 6.92 Å². The highest BCUT2D eigenvalue weighted by Crippen LogP contribution is 2.40. The van der Waals surface area contributed by atoms with E-state index in [1.807, 2.05) is 25.9 Å². The summed E-state index contributed by atoms with van der Waals surface area (Å²) >= 11 is 0. The maximum atomic E-state index is 13.0. The molecule has 1 aliphatic rings. The van der Waals surface area contributed by atoms with E-state index < -0.39 is 17.7 Å². The second-order valence-corrected chi connectivity index (χ2v) is 7.93. The molecule has 0 aliphatic carbocycles. The van der Waals surface area contributed by atoms with E-state index >= 15 is 0 Å². The van der Waals surface area contributed by atoms with E-state index in [9.17, 15) is 19.8 Å². The number of Topliss-reactive ketones (excluding diaryl/α,β-unsaturated/α-hetero) is 1. The summed E-state index contributed by atoms with van der Waals surface area (Å²) in [6.07, 6.45) is 0.664. The van der Waals surface area contributed by atoms with Crippen LogP contribution in [0.4, 0.5) is 0 Å². The van der Waals surface area contributed by atoms with Gasteiger partial charge in [-0.3, -0.25) is 9.59 Å². The van der Waals surface area contributed by atoms with Crippen molar-refractivity contribution < 1.29 is 24.5 Å². The number of ketones is 1. The summed E-state index contributed by atoms with van der Waals surface area (Å²) in [7, 11) is 5.43. The Labute approximate surface area is 182 Å². The number of carbonyl (C=O) groups is 2. The molecule has 1 fully saturated rings. The lowest BCUT2D eigenvalue weighted by molar-refractivity contribution is -0.139. The van der Waals surface area contributed by atoms with Crippen LogP contribution in [0.25, 0.3) is 5.76 Å². The molecule has 1 heterocycles. The molecule has 7 heteroatoms. The molecule has 3 rings (SSSR count). The topological polar surface area (TPSA) is 90.3 Å². The molecule has 0 aromatic heterocycles. The number of benzene rings is 2. The summed E-state index contributed by atoms with van der Waals surface area (Å²) in [5.74, 6) is -0.947. The summed E-state index contributed by atoms with van der Waals surface area (Å²) in [6, 6.07) is 10.7. The zero-order valence-electron chi connectivity index (χ0n) is 18.3. The Bertz CT molecular complexity index is 1030. The molecule has 0 radical (unpaired) electrons. The number of aromatic hydroxyl groups is 1. The lowest BCUT2D eigenvalue weighted by Gasteiger charge is -2.26. The van der Waals surface area contributed by atoms with Crippen LogP contribution < -0.4 is 4.74 Å². The van der Waals surface area contributed by atoms with Crippen LogP contribution in [0.1, 0.15) is 29.2 Å². The molecule has 1 aliphatic heterocycles. The van der Waals surface area contributed by atoms with Gasteiger partial charge in [0, 0.05) is 12.1 Å². The van der Waals surface area contributed by atoms with Crippen LogP contribution in [0.3, 0.4) is 0 Å². The normalized spacial score (nSPS) is 18.1. The minimum absolute atomic E-state index is 0.0185. The average Bonchev–Trinajstić information content (AvgIpc) is 2.98. The first kappa shape index (κ1) is 22.4. The Morgan fingerprint density at radius 3 is 2.52 bits per heavy atom. The fraction of sp³-hybridized carbons (Fsp3) is 0.333. The molecule has 7 nitrogen and oxygen atoms in total. The van der Waals surface area contributed by atoms with Gasteiger partial charge in [-0.1, -0.05) is 12.1 Å². The van der Waals surface area contributed by atoms with Crippen molar-refractivity contribution in [3.8, 4) is 11.5 Å². The number of hydrogen-bond donors (Lipinski definition) is 2. The zero-order valence-corrected chi connectivity index (χ0v) is 18.3. The molecule has 0 bridgehead atoms. The second-order valence-electron chi connectivity index (χ2n) is 7.93. The maximum Gasteiger partial charge on any atom is 0.295 e. The van der Waals surface area contributed by atoms with Gasteiger partial charge in [-0.15, -0.1) is 0 Å². The van der Waals surface area contributed by atoms with Crippen molar-refractivity contribution in [2.24, 2.45) is 0 Å². The Morgan fingerprint density at radius 1 is 1.16 bits per heavy atom. The number of rotatable bonds is 7. The number of phenolic OH excluding ortho intramolecular Hbond substituents is 1. The number of aliphatic hydroxyl groups is 1. The van der Waals surface area contributed by atoms with Crippen LogP contribution in [0.5, 0.6) is 11.5 Å². The minimum atomic E-state index is -0.781. The van der Waals surface area contributed by atoms with E-state index in [4.69, 9.17) is 4.74 Å². The molecule has 1 atom stereocenters. The standard InChI is InChI=1S/C24H28N2O5/c1-15-13-17(9-10-19(15)31-4)22(28)20-21(16-7-5-8-18(27)14-16)26(24(30)23(20)29)12-6-11-25(2)3/h5,7-10,13-14,21,27-28H,6,11-12H2,1-4H3/b22-20-. The van der Waals surface area contributed by atoms with Crippen molar-refractivity contribution in [3.05, 3.63) is 64.7 Å². The van der Waals surface area contributed by atoms with Crippen molar-refractivity contribution in [1.29, 1.82) is 0 Å². The van der Waals surface area contributed by atoms with E-state index in [1.54, 1.807) is 37.4 Å². The van der Waals surface area contributed by atoms with Crippen LogP contribution in [-0.2, 0) is 9.59 Å². The summed E-state index contributed by atoms with van der Waals surface area (Å²) in [5.41, 5.74) is 1.80. The first-order chi connectivity index (χ1) is 14.7. The van der Waals surface area contributed by atoms with Gasteiger partial charge in [-0.05, 0) is 75.4 Å². The van der Waals surface area contributed by atoms with Gasteiger partial charge < -0.3 is 24.7 Å². The van der Waals surface area contributed by atoms with Gasteiger partial charge in [-0.2, -0.15) is 0 Å². The van der Waals surface area contributed by atoms with Gasteiger partial charge in [-0.25, -0.2) is 0 Å². The number of methoxy groups -OCH3 is 1. The predicted octanol–water partition coefficient (Wildman–Crippen LogP) is 3.08. The van der Waals surface area contributed by atoms with Gasteiger partial charge in [0.05, 0.1) is 18.7 Å². The van der Waals surface area contributed by atoms with Gasteiger partial charge >= 0.3 is 0 Å². The van der Waals surface area contributed by atoms with Gasteiger partial charge in [0.2, 0.25) is 0 Å². The third kappa shape index (κ3) is 4.56. The summed E-state index contributed by atoms with van der Waals surface area (Å²) in [5, 5.41) is 21.1. The van der Waals surface area contributed by atoms with E-state index in [1.165, 1.54) is 17.0 Å². The zero-order chi connectivity index (χ0) is 22.7. The molecule has 1 unspecified atom stereocenters. The Kier molecular flexibility index (Phi) is 6.65. The summed E-state index contributed by atoms with van der Waals surface area (Å²) in [6.45, 7) is 2.93. The molecule has 31 heavy (non-hydrogen) atoms. The third-order valence-corrected chi connectivity index (χ3v) is 5.40. The number of phenols is 1. The van der Waals surface area contributed by atoms with Crippen molar-refractivity contribution in [2.75, 3.05) is 34.3 Å². The summed E-state index contributed by atoms with van der Waals surface area (Å²) in [4.78, 5) is 29.4. The van der Waals surface area contributed by atoms with Gasteiger partial charge in [0.15, 0.2) is 0 Å². The van der Waals surface area contributed by atoms with Crippen LogP contribution in [0.15, 0.2) is 48.0 Å². The lowest BCUT2D eigenvalue weighted by atomic mass is 9.94. The largest absolute Gasteiger partial charge is 0.508 e. The van der Waals surface area contributed by atoms with E-state index in [0.717, 1.165) is 12.1 Å². The molecule has 2 aromatic rings. The third-order valence-electron chi connectivity index (χ3n) is 5.40. The molecule has 2 N–H and O–H groups in total. The first-order valence-corrected chi connectivity index (χ1v) is 10.1. The first-order valence-electron chi connectivity index (χ1n) is 10.1. The second kappa shape index (κ2) is 9.22. The number of ether oxygens (including phenoxy) is 1. The Morgan fingerprint density at radius 2 is 1.90 bits per heavy atom. The summed E-state index contributed by atoms with van der Waals surface area (Å²) < 4.78 is 5.27. The number of nitrogens with zero attached hydrogens (tertiary/aromatic N) is 2. The van der Waals surface area contributed by atoms with Crippen molar-refractivity contribution in [3.63, 3.8) is 0 Å². The number of carbonyl (C=O) groups excluding carboxylic acids is 2. The molecule has 1 amide bonds. The molecule has 2 aromatic carbocycles. The lowest BCUT2D eigenvalue weighted by Crippen LogP contribution is -2.32. The monoisotopic (exact) mass is 424 g/mol. The van der Waals surface area contributed by atoms with Crippen molar-refractivity contribution in [2.45, 2.75) is 19.4 Å². The molecular formula is C24H28N2O5. The van der Waals surface area contributed by atoms with Gasteiger partial charge in [0.25, 0.3) is 11.7 Å². The number of likely N-dealkylation sites (tertiary alicyclic amines) is 1. The van der Waals surface area contributed by atoms with Crippen LogP contribution >= 0.6 is 0 Å². The maximum absolute atomic E-state index is 13.0. The van der Waals surface area contributed by atoms with E-state index in [0.29, 0.717) is 29.8 Å². The quantitative estimate of drug-likeness (QED) is 0.403. The molecule has 0 spiro atoms. The van der Waals surface area contributed by atoms with Crippen molar-refractivity contribution >= 4 is 17.4 Å².